The van der Waals surface area contributed by atoms with E-state index < -0.39 is 36.0 Å². The Morgan fingerprint density at radius 3 is 2.61 bits per heavy atom. The molecule has 220 valence electrons. The van der Waals surface area contributed by atoms with Crippen molar-refractivity contribution in [2.75, 3.05) is 19.4 Å². The minimum atomic E-state index is -1.44. The molecule has 0 aliphatic rings. The predicted molar refractivity (Wildman–Crippen MR) is 149 cm³/mol. The van der Waals surface area contributed by atoms with Crippen molar-refractivity contribution in [3.8, 4) is 0 Å². The van der Waals surface area contributed by atoms with Crippen molar-refractivity contribution in [1.29, 1.82) is 0 Å². The van der Waals surface area contributed by atoms with Crippen molar-refractivity contribution in [3.63, 3.8) is 0 Å². The molecule has 13 nitrogen and oxygen atoms in total. The molecule has 1 atom stereocenters. The zero-order valence-corrected chi connectivity index (χ0v) is 23.3. The number of allylic oxidation sites excluding steroid dienone is 1. The van der Waals surface area contributed by atoms with Gasteiger partial charge in [-0.25, -0.2) is 14.2 Å². The quantitative estimate of drug-likeness (QED) is 0.205. The summed E-state index contributed by atoms with van der Waals surface area (Å²) in [4.78, 5) is 62.1. The number of carbonyl (C=O) groups excluding carboxylic acids is 2. The summed E-state index contributed by atoms with van der Waals surface area (Å²) in [5.74, 6) is -1.18. The molecular formula is C27H34FN7O6. The Balaban J connectivity index is 1.86. The molecule has 3 amide bonds. The van der Waals surface area contributed by atoms with Crippen LogP contribution in [0.2, 0.25) is 0 Å². The van der Waals surface area contributed by atoms with Crippen LogP contribution in [0, 0.1) is 11.7 Å². The molecule has 0 aliphatic heterocycles. The standard InChI is InChI=1S/C27H34FN7O6/c1-15(2)11-20-24-23(17(28)12-29-20)32-21(33-24)13-35-16(14-36)9-10-19(26(35)39)30-25(38)18(31-27(40)41)7-5-6-8-22(37)34(3)4/h6,8-10,12,15,18,31,36H,5,7,11,13-14H2,1-4H3,(H,30,38)(H,32,33)(H,40,41)/b8-6+/t18-/m0/s1. The Bertz CT molecular complexity index is 1510. The van der Waals surface area contributed by atoms with E-state index in [-0.39, 0.29) is 53.9 Å². The van der Waals surface area contributed by atoms with Crippen LogP contribution in [0.15, 0.2) is 35.3 Å². The fourth-order valence-electron chi connectivity index (χ4n) is 4.09. The summed E-state index contributed by atoms with van der Waals surface area (Å²) >= 11 is 0. The molecular weight excluding hydrogens is 537 g/mol. The topological polar surface area (TPSA) is 183 Å². The van der Waals surface area contributed by atoms with E-state index in [1.807, 2.05) is 13.8 Å². The maximum Gasteiger partial charge on any atom is 0.405 e. The summed E-state index contributed by atoms with van der Waals surface area (Å²) in [6.45, 7) is 3.33. The third-order valence-corrected chi connectivity index (χ3v) is 6.13. The van der Waals surface area contributed by atoms with Crippen LogP contribution >= 0.6 is 0 Å². The van der Waals surface area contributed by atoms with Crippen LogP contribution in [0.1, 0.15) is 43.9 Å². The predicted octanol–water partition coefficient (Wildman–Crippen LogP) is 2.00. The van der Waals surface area contributed by atoms with Crippen LogP contribution in [0.25, 0.3) is 11.0 Å². The lowest BCUT2D eigenvalue weighted by Gasteiger charge is -2.17. The lowest BCUT2D eigenvalue weighted by molar-refractivity contribution is -0.123. The number of H-pyrrole nitrogens is 1. The SMILES string of the molecule is CC(C)Cc1ncc(F)c2nc(Cn3c(CO)ccc(NC(=O)[C@H](CC/C=C/C(=O)N(C)C)NC(=O)O)c3=O)[nH]c12. The van der Waals surface area contributed by atoms with Gasteiger partial charge in [0.15, 0.2) is 5.82 Å². The molecule has 3 heterocycles. The minimum Gasteiger partial charge on any atom is -0.465 e. The first-order chi connectivity index (χ1) is 19.4. The van der Waals surface area contributed by atoms with E-state index in [9.17, 15) is 33.8 Å². The normalized spacial score (nSPS) is 12.2. The number of imidazole rings is 1. The number of carbonyl (C=O) groups is 3. The molecule has 0 aliphatic carbocycles. The van der Waals surface area contributed by atoms with Gasteiger partial charge < -0.3 is 35.3 Å². The number of hydrogen-bond acceptors (Lipinski definition) is 7. The Kier molecular flexibility index (Phi) is 10.3. The molecule has 0 saturated heterocycles. The summed E-state index contributed by atoms with van der Waals surface area (Å²) in [7, 11) is 3.16. The number of aliphatic hydroxyl groups is 1. The Morgan fingerprint density at radius 1 is 1.24 bits per heavy atom. The summed E-state index contributed by atoms with van der Waals surface area (Å²) in [6.07, 6.45) is 3.31. The van der Waals surface area contributed by atoms with E-state index in [0.29, 0.717) is 17.6 Å². The molecule has 0 fully saturated rings. The minimum absolute atomic E-state index is 0.0234. The number of aromatic nitrogens is 4. The molecule has 0 bridgehead atoms. The van der Waals surface area contributed by atoms with Gasteiger partial charge in [0.25, 0.3) is 5.56 Å². The van der Waals surface area contributed by atoms with Gasteiger partial charge in [-0.2, -0.15) is 0 Å². The lowest BCUT2D eigenvalue weighted by Crippen LogP contribution is -2.44. The van der Waals surface area contributed by atoms with Crippen molar-refractivity contribution >= 4 is 34.6 Å². The molecule has 41 heavy (non-hydrogen) atoms. The van der Waals surface area contributed by atoms with Crippen molar-refractivity contribution < 1.29 is 29.0 Å². The summed E-state index contributed by atoms with van der Waals surface area (Å²) in [6, 6.07) is 1.52. The Morgan fingerprint density at radius 2 is 1.98 bits per heavy atom. The number of anilines is 1. The van der Waals surface area contributed by atoms with Gasteiger partial charge in [0.1, 0.15) is 23.1 Å². The first kappa shape index (κ1) is 30.9. The Hall–Kier alpha value is -4.59. The van der Waals surface area contributed by atoms with Gasteiger partial charge in [-0.05, 0) is 43.4 Å². The molecule has 14 heteroatoms. The van der Waals surface area contributed by atoms with Gasteiger partial charge in [0.2, 0.25) is 11.8 Å². The molecule has 0 aromatic carbocycles. The molecule has 0 spiro atoms. The van der Waals surface area contributed by atoms with E-state index >= 15 is 0 Å². The first-order valence-corrected chi connectivity index (χ1v) is 12.9. The Labute approximate surface area is 235 Å². The number of nitrogens with zero attached hydrogens (tertiary/aromatic N) is 4. The highest BCUT2D eigenvalue weighted by Crippen LogP contribution is 2.21. The number of aromatic amines is 1. The highest BCUT2D eigenvalue weighted by Gasteiger charge is 2.22. The second-order valence-electron chi connectivity index (χ2n) is 10.0. The molecule has 3 aromatic rings. The smallest absolute Gasteiger partial charge is 0.405 e. The number of carboxylic acid groups (broad SMARTS) is 1. The van der Waals surface area contributed by atoms with E-state index in [2.05, 4.69) is 25.6 Å². The number of amides is 3. The molecule has 3 rings (SSSR count). The summed E-state index contributed by atoms with van der Waals surface area (Å²) < 4.78 is 15.6. The van der Waals surface area contributed by atoms with E-state index in [0.717, 1.165) is 6.20 Å². The van der Waals surface area contributed by atoms with Crippen molar-refractivity contribution in [2.45, 2.75) is 52.3 Å². The average Bonchev–Trinajstić information content (AvgIpc) is 3.34. The number of fused-ring (bicyclic) bond motifs is 1. The van der Waals surface area contributed by atoms with Crippen LogP contribution in [0.3, 0.4) is 0 Å². The van der Waals surface area contributed by atoms with Gasteiger partial charge >= 0.3 is 6.09 Å². The number of aliphatic hydroxyl groups excluding tert-OH is 1. The van der Waals surface area contributed by atoms with Gasteiger partial charge in [-0.15, -0.1) is 0 Å². The number of rotatable bonds is 12. The molecule has 0 radical (unpaired) electrons. The van der Waals surface area contributed by atoms with Crippen molar-refractivity contribution in [3.05, 3.63) is 63.9 Å². The van der Waals surface area contributed by atoms with Crippen LogP contribution in [-0.4, -0.2) is 72.7 Å². The van der Waals surface area contributed by atoms with Gasteiger partial charge in [0, 0.05) is 19.8 Å². The van der Waals surface area contributed by atoms with Crippen molar-refractivity contribution in [2.24, 2.45) is 5.92 Å². The van der Waals surface area contributed by atoms with Gasteiger partial charge in [-0.3, -0.25) is 19.4 Å². The van der Waals surface area contributed by atoms with Crippen LogP contribution < -0.4 is 16.2 Å². The number of pyridine rings is 2. The lowest BCUT2D eigenvalue weighted by atomic mass is 10.1. The van der Waals surface area contributed by atoms with Gasteiger partial charge in [-0.1, -0.05) is 19.9 Å². The zero-order valence-electron chi connectivity index (χ0n) is 23.3. The second kappa shape index (κ2) is 13.7. The average molecular weight is 572 g/mol. The maximum atomic E-state index is 14.5. The van der Waals surface area contributed by atoms with Crippen LogP contribution in [0.4, 0.5) is 14.9 Å². The maximum absolute atomic E-state index is 14.5. The molecule has 0 unspecified atom stereocenters. The first-order valence-electron chi connectivity index (χ1n) is 12.9. The zero-order chi connectivity index (χ0) is 30.3. The number of hydrogen-bond donors (Lipinski definition) is 5. The third-order valence-electron chi connectivity index (χ3n) is 6.13. The van der Waals surface area contributed by atoms with Crippen molar-refractivity contribution in [1.82, 2.24) is 29.7 Å². The van der Waals surface area contributed by atoms with Crippen LogP contribution in [-0.2, 0) is 29.2 Å². The molecule has 3 aromatic heterocycles. The third kappa shape index (κ3) is 7.97. The molecule has 5 N–H and O–H groups in total. The fourth-order valence-corrected chi connectivity index (χ4v) is 4.09. The highest BCUT2D eigenvalue weighted by molar-refractivity contribution is 5.96. The number of nitrogens with one attached hydrogen (secondary N) is 3. The fraction of sp³-hybridized carbons (Fsp3) is 0.407. The van der Waals surface area contributed by atoms with Crippen LogP contribution in [0.5, 0.6) is 0 Å². The largest absolute Gasteiger partial charge is 0.465 e. The summed E-state index contributed by atoms with van der Waals surface area (Å²) in [5.41, 5.74) is 0.497. The van der Waals surface area contributed by atoms with Gasteiger partial charge in [0.05, 0.1) is 30.6 Å². The number of likely N-dealkylation sites (N-methyl/N-ethyl adjacent to an activating group) is 1. The second-order valence-corrected chi connectivity index (χ2v) is 10.0. The van der Waals surface area contributed by atoms with E-state index in [1.165, 1.54) is 33.8 Å². The molecule has 0 saturated carbocycles. The monoisotopic (exact) mass is 571 g/mol. The van der Waals surface area contributed by atoms with E-state index in [1.54, 1.807) is 14.1 Å². The summed E-state index contributed by atoms with van der Waals surface area (Å²) in [5, 5.41) is 23.6. The number of halogens is 1. The van der Waals surface area contributed by atoms with E-state index in [4.69, 9.17) is 0 Å². The highest BCUT2D eigenvalue weighted by atomic mass is 19.1.